The number of nitrogens with zero attached hydrogens (tertiary/aromatic N) is 1. The van der Waals surface area contributed by atoms with E-state index in [2.05, 4.69) is 15.6 Å². The molecule has 5 heteroatoms. The van der Waals surface area contributed by atoms with Crippen molar-refractivity contribution < 1.29 is 9.90 Å². The van der Waals surface area contributed by atoms with Crippen molar-refractivity contribution in [3.05, 3.63) is 29.8 Å². The van der Waals surface area contributed by atoms with Gasteiger partial charge in [-0.3, -0.25) is 4.99 Å². The molecule has 0 aromatic heterocycles. The van der Waals surface area contributed by atoms with Crippen LogP contribution in [-0.4, -0.2) is 30.1 Å². The average molecular weight is 205 g/mol. The van der Waals surface area contributed by atoms with Crippen molar-refractivity contribution in [2.45, 2.75) is 0 Å². The highest BCUT2D eigenvalue weighted by molar-refractivity contribution is 5.96. The van der Waals surface area contributed by atoms with E-state index in [-0.39, 0.29) is 5.56 Å². The number of aromatic carboxylic acids is 1. The first kappa shape index (κ1) is 9.51. The topological polar surface area (TPSA) is 73.7 Å². The summed E-state index contributed by atoms with van der Waals surface area (Å²) in [7, 11) is 0. The van der Waals surface area contributed by atoms with Crippen LogP contribution in [0, 0.1) is 0 Å². The molecule has 1 aromatic carbocycles. The SMILES string of the molecule is O=C(O)c1cccc(NC2=NCCN2)c1. The van der Waals surface area contributed by atoms with E-state index in [9.17, 15) is 4.79 Å². The molecule has 0 bridgehead atoms. The van der Waals surface area contributed by atoms with Gasteiger partial charge in [0.05, 0.1) is 12.1 Å². The first-order valence-electron chi connectivity index (χ1n) is 4.64. The van der Waals surface area contributed by atoms with E-state index in [1.54, 1.807) is 24.3 Å². The number of hydrogen-bond acceptors (Lipinski definition) is 4. The summed E-state index contributed by atoms with van der Waals surface area (Å²) in [6, 6.07) is 6.62. The second-order valence-electron chi connectivity index (χ2n) is 3.17. The molecule has 0 aliphatic carbocycles. The third-order valence-electron chi connectivity index (χ3n) is 2.05. The standard InChI is InChI=1S/C10H11N3O2/c14-9(15)7-2-1-3-8(6-7)13-10-11-4-5-12-10/h1-3,6H,4-5H2,(H,14,15)(H2,11,12,13). The lowest BCUT2D eigenvalue weighted by atomic mass is 10.2. The van der Waals surface area contributed by atoms with Crippen molar-refractivity contribution in [1.82, 2.24) is 5.32 Å². The predicted molar refractivity (Wildman–Crippen MR) is 57.3 cm³/mol. The normalized spacial score (nSPS) is 14.3. The Morgan fingerprint density at radius 2 is 2.40 bits per heavy atom. The smallest absolute Gasteiger partial charge is 0.335 e. The predicted octanol–water partition coefficient (Wildman–Crippen LogP) is 0.756. The largest absolute Gasteiger partial charge is 0.478 e. The van der Waals surface area contributed by atoms with Crippen molar-refractivity contribution in [3.63, 3.8) is 0 Å². The Hall–Kier alpha value is -2.04. The van der Waals surface area contributed by atoms with E-state index in [4.69, 9.17) is 5.11 Å². The van der Waals surface area contributed by atoms with Gasteiger partial charge >= 0.3 is 5.97 Å². The Labute approximate surface area is 86.8 Å². The molecule has 0 fully saturated rings. The van der Waals surface area contributed by atoms with Gasteiger partial charge in [-0.25, -0.2) is 4.79 Å². The number of hydrogen-bond donors (Lipinski definition) is 3. The van der Waals surface area contributed by atoms with E-state index >= 15 is 0 Å². The number of benzene rings is 1. The van der Waals surface area contributed by atoms with E-state index < -0.39 is 5.97 Å². The van der Waals surface area contributed by atoms with Crippen LogP contribution < -0.4 is 10.6 Å². The average Bonchev–Trinajstić information content (AvgIpc) is 2.71. The van der Waals surface area contributed by atoms with Gasteiger partial charge in [-0.15, -0.1) is 0 Å². The van der Waals surface area contributed by atoms with Gasteiger partial charge in [-0.1, -0.05) is 6.07 Å². The van der Waals surface area contributed by atoms with Gasteiger partial charge in [0.1, 0.15) is 0 Å². The van der Waals surface area contributed by atoms with Crippen molar-refractivity contribution in [1.29, 1.82) is 0 Å². The molecule has 0 spiro atoms. The van der Waals surface area contributed by atoms with Crippen LogP contribution in [-0.2, 0) is 0 Å². The summed E-state index contributed by atoms with van der Waals surface area (Å²) in [4.78, 5) is 14.9. The maximum absolute atomic E-state index is 10.7. The van der Waals surface area contributed by atoms with Gasteiger partial charge < -0.3 is 15.7 Å². The zero-order valence-corrected chi connectivity index (χ0v) is 8.03. The number of carbonyl (C=O) groups is 1. The first-order chi connectivity index (χ1) is 7.25. The van der Waals surface area contributed by atoms with E-state index in [1.807, 2.05) is 0 Å². The Morgan fingerprint density at radius 1 is 1.53 bits per heavy atom. The fraction of sp³-hybridized carbons (Fsp3) is 0.200. The van der Waals surface area contributed by atoms with Gasteiger partial charge in [-0.2, -0.15) is 0 Å². The summed E-state index contributed by atoms with van der Waals surface area (Å²) in [5, 5.41) is 14.9. The van der Waals surface area contributed by atoms with Gasteiger partial charge in [0.2, 0.25) is 0 Å². The van der Waals surface area contributed by atoms with Gasteiger partial charge in [-0.05, 0) is 18.2 Å². The lowest BCUT2D eigenvalue weighted by molar-refractivity contribution is 0.0697. The number of carboxylic acid groups (broad SMARTS) is 1. The van der Waals surface area contributed by atoms with Crippen molar-refractivity contribution in [2.75, 3.05) is 18.4 Å². The molecule has 3 N–H and O–H groups in total. The highest BCUT2D eigenvalue weighted by Crippen LogP contribution is 2.10. The van der Waals surface area contributed by atoms with E-state index in [1.165, 1.54) is 0 Å². The Balaban J connectivity index is 2.14. The highest BCUT2D eigenvalue weighted by Gasteiger charge is 2.07. The van der Waals surface area contributed by atoms with Crippen LogP contribution in [0.3, 0.4) is 0 Å². The molecular weight excluding hydrogens is 194 g/mol. The molecule has 0 atom stereocenters. The molecule has 5 nitrogen and oxygen atoms in total. The molecular formula is C10H11N3O2. The summed E-state index contributed by atoms with van der Waals surface area (Å²) in [5.41, 5.74) is 0.988. The maximum Gasteiger partial charge on any atom is 0.335 e. The maximum atomic E-state index is 10.7. The number of guanidine groups is 1. The van der Waals surface area contributed by atoms with Gasteiger partial charge in [0.25, 0.3) is 0 Å². The third-order valence-corrected chi connectivity index (χ3v) is 2.05. The van der Waals surface area contributed by atoms with Crippen molar-refractivity contribution in [2.24, 2.45) is 4.99 Å². The number of carboxylic acids is 1. The Bertz CT molecular complexity index is 415. The molecule has 0 unspecified atom stereocenters. The summed E-state index contributed by atoms with van der Waals surface area (Å²) in [6.07, 6.45) is 0. The molecule has 0 amide bonds. The minimum Gasteiger partial charge on any atom is -0.478 e. The Kier molecular flexibility index (Phi) is 2.53. The number of anilines is 1. The molecule has 0 saturated carbocycles. The van der Waals surface area contributed by atoms with Crippen LogP contribution in [0.25, 0.3) is 0 Å². The molecule has 1 aromatic rings. The van der Waals surface area contributed by atoms with Crippen LogP contribution >= 0.6 is 0 Å². The second-order valence-corrected chi connectivity index (χ2v) is 3.17. The van der Waals surface area contributed by atoms with Crippen LogP contribution in [0.4, 0.5) is 5.69 Å². The lowest BCUT2D eigenvalue weighted by Gasteiger charge is -2.06. The highest BCUT2D eigenvalue weighted by atomic mass is 16.4. The van der Waals surface area contributed by atoms with Crippen molar-refractivity contribution >= 4 is 17.6 Å². The van der Waals surface area contributed by atoms with Crippen LogP contribution in [0.2, 0.25) is 0 Å². The van der Waals surface area contributed by atoms with Crippen LogP contribution in [0.1, 0.15) is 10.4 Å². The molecule has 2 rings (SSSR count). The van der Waals surface area contributed by atoms with Crippen LogP contribution in [0.15, 0.2) is 29.3 Å². The number of aliphatic imine (C=N–C) groups is 1. The molecule has 1 heterocycles. The monoisotopic (exact) mass is 205 g/mol. The first-order valence-corrected chi connectivity index (χ1v) is 4.64. The molecule has 78 valence electrons. The fourth-order valence-corrected chi connectivity index (χ4v) is 1.35. The van der Waals surface area contributed by atoms with Crippen molar-refractivity contribution in [3.8, 4) is 0 Å². The minimum atomic E-state index is -0.931. The molecule has 1 aliphatic heterocycles. The third kappa shape index (κ3) is 2.25. The van der Waals surface area contributed by atoms with Gasteiger partial charge in [0.15, 0.2) is 5.96 Å². The minimum absolute atomic E-state index is 0.263. The number of nitrogens with one attached hydrogen (secondary N) is 2. The summed E-state index contributed by atoms with van der Waals surface area (Å²) < 4.78 is 0. The summed E-state index contributed by atoms with van der Waals surface area (Å²) in [6.45, 7) is 1.57. The zero-order chi connectivity index (χ0) is 10.7. The quantitative estimate of drug-likeness (QED) is 0.666. The second kappa shape index (κ2) is 4.00. The van der Waals surface area contributed by atoms with E-state index in [0.717, 1.165) is 18.8 Å². The fourth-order valence-electron chi connectivity index (χ4n) is 1.35. The van der Waals surface area contributed by atoms with E-state index in [0.29, 0.717) is 5.96 Å². The van der Waals surface area contributed by atoms with Gasteiger partial charge in [0, 0.05) is 12.2 Å². The summed E-state index contributed by atoms with van der Waals surface area (Å²) in [5.74, 6) is -0.238. The lowest BCUT2D eigenvalue weighted by Crippen LogP contribution is -2.26. The Morgan fingerprint density at radius 3 is 3.07 bits per heavy atom. The molecule has 0 saturated heterocycles. The molecule has 1 aliphatic rings. The zero-order valence-electron chi connectivity index (χ0n) is 8.03. The summed E-state index contributed by atoms with van der Waals surface area (Å²) >= 11 is 0. The number of rotatable bonds is 2. The molecule has 0 radical (unpaired) electrons. The van der Waals surface area contributed by atoms with Crippen LogP contribution in [0.5, 0.6) is 0 Å². The molecule has 15 heavy (non-hydrogen) atoms.